The summed E-state index contributed by atoms with van der Waals surface area (Å²) in [5.74, 6) is -2.46. The lowest BCUT2D eigenvalue weighted by molar-refractivity contribution is -0.274. The maximum absolute atomic E-state index is 13.6. The Hall–Kier alpha value is -4.34. The van der Waals surface area contributed by atoms with Crippen molar-refractivity contribution in [3.05, 3.63) is 71.5 Å². The van der Waals surface area contributed by atoms with E-state index in [9.17, 15) is 31.1 Å². The van der Waals surface area contributed by atoms with Crippen molar-refractivity contribution < 1.29 is 35.9 Å². The molecule has 1 aliphatic heterocycles. The van der Waals surface area contributed by atoms with E-state index >= 15 is 0 Å². The van der Waals surface area contributed by atoms with E-state index < -0.39 is 30.2 Å². The molecule has 1 saturated heterocycles. The summed E-state index contributed by atoms with van der Waals surface area (Å²) in [6.07, 6.45) is -8.39. The van der Waals surface area contributed by atoms with E-state index in [0.717, 1.165) is 29.8 Å². The molecule has 1 fully saturated rings. The molecule has 2 heterocycles. The number of amides is 1. The molecule has 7 nitrogen and oxygen atoms in total. The Kier molecular flexibility index (Phi) is 7.94. The first-order valence-electron chi connectivity index (χ1n) is 11.8. The second kappa shape index (κ2) is 11.2. The van der Waals surface area contributed by atoms with Crippen LogP contribution in [-0.4, -0.2) is 41.4 Å². The maximum Gasteiger partial charge on any atom is 0.573 e. The molecule has 13 heteroatoms. The Bertz CT molecular complexity index is 1350. The molecule has 1 aromatic heterocycles. The number of hydrogen-bond donors (Lipinski definition) is 1. The molecule has 1 N–H and O–H groups in total. The molecule has 1 amide bonds. The number of aromatic nitrogens is 2. The maximum atomic E-state index is 13.6. The zero-order chi connectivity index (χ0) is 28.2. The van der Waals surface area contributed by atoms with Crippen molar-refractivity contribution in [2.45, 2.75) is 37.8 Å². The van der Waals surface area contributed by atoms with Crippen LogP contribution in [-0.2, 0) is 17.4 Å². The van der Waals surface area contributed by atoms with E-state index in [2.05, 4.69) is 20.0 Å². The minimum absolute atomic E-state index is 0.112. The summed E-state index contributed by atoms with van der Waals surface area (Å²) in [5, 5.41) is 11.7. The predicted octanol–water partition coefficient (Wildman–Crippen LogP) is 5.26. The van der Waals surface area contributed by atoms with Crippen LogP contribution in [0.4, 0.5) is 32.2 Å². The highest BCUT2D eigenvalue weighted by molar-refractivity contribution is 5.85. The SMILES string of the molecule is N#Cc1ccc(CCNC(=O)[C@@H]2CCCN2c2cc(-c3ccc(OC(F)(F)F)cc3)nc(C(F)(F)F)n2)cc1. The first-order valence-corrected chi connectivity index (χ1v) is 11.8. The molecule has 0 unspecified atom stereocenters. The largest absolute Gasteiger partial charge is 0.573 e. The molecule has 0 aliphatic carbocycles. The number of nitrogens with zero attached hydrogens (tertiary/aromatic N) is 4. The normalized spacial score (nSPS) is 15.6. The molecule has 1 aliphatic rings. The van der Waals surface area contributed by atoms with Crippen LogP contribution in [0.15, 0.2) is 54.6 Å². The number of nitrogens with one attached hydrogen (secondary N) is 1. The summed E-state index contributed by atoms with van der Waals surface area (Å²) in [4.78, 5) is 21.6. The van der Waals surface area contributed by atoms with Gasteiger partial charge < -0.3 is 15.0 Å². The minimum atomic E-state index is -4.92. The standard InChI is InChI=1S/C26H21F6N5O2/c27-25(28,29)24-35-20(18-7-9-19(10-8-18)39-26(30,31)32)14-22(36-24)37-13-1-2-21(37)23(38)34-12-11-16-3-5-17(15-33)6-4-16/h3-10,14,21H,1-2,11-13H2,(H,34,38)/t21-/m0/s1. The molecule has 39 heavy (non-hydrogen) atoms. The van der Waals surface area contributed by atoms with Gasteiger partial charge >= 0.3 is 12.5 Å². The fraction of sp³-hybridized carbons (Fsp3) is 0.308. The Morgan fingerprint density at radius 1 is 1.05 bits per heavy atom. The van der Waals surface area contributed by atoms with Crippen LogP contribution < -0.4 is 15.0 Å². The number of rotatable bonds is 7. The molecule has 0 radical (unpaired) electrons. The second-order valence-electron chi connectivity index (χ2n) is 8.71. The molecule has 0 saturated carbocycles. The molecule has 204 valence electrons. The van der Waals surface area contributed by atoms with Crippen LogP contribution in [0.25, 0.3) is 11.3 Å². The summed E-state index contributed by atoms with van der Waals surface area (Å²) >= 11 is 0. The molecule has 1 atom stereocenters. The summed E-state index contributed by atoms with van der Waals surface area (Å²) in [5.41, 5.74) is 1.36. The van der Waals surface area contributed by atoms with Crippen molar-refractivity contribution in [1.29, 1.82) is 5.26 Å². The summed E-state index contributed by atoms with van der Waals surface area (Å²) < 4.78 is 82.1. The molecule has 0 bridgehead atoms. The van der Waals surface area contributed by atoms with Crippen LogP contribution >= 0.6 is 0 Å². The van der Waals surface area contributed by atoms with Crippen LogP contribution in [0.1, 0.15) is 29.8 Å². The summed E-state index contributed by atoms with van der Waals surface area (Å²) in [6, 6.07) is 13.7. The van der Waals surface area contributed by atoms with Crippen molar-refractivity contribution in [2.75, 3.05) is 18.0 Å². The lowest BCUT2D eigenvalue weighted by Crippen LogP contribution is -2.44. The van der Waals surface area contributed by atoms with Gasteiger partial charge in [-0.2, -0.15) is 18.4 Å². The van der Waals surface area contributed by atoms with Gasteiger partial charge in [-0.15, -0.1) is 13.2 Å². The van der Waals surface area contributed by atoms with Gasteiger partial charge in [-0.25, -0.2) is 9.97 Å². The smallest absolute Gasteiger partial charge is 0.406 e. The number of halogens is 6. The van der Waals surface area contributed by atoms with E-state index in [-0.39, 0.29) is 36.1 Å². The third-order valence-corrected chi connectivity index (χ3v) is 6.00. The molecular weight excluding hydrogens is 528 g/mol. The van der Waals surface area contributed by atoms with Gasteiger partial charge in [0.2, 0.25) is 11.7 Å². The van der Waals surface area contributed by atoms with Gasteiger partial charge in [0.05, 0.1) is 17.3 Å². The van der Waals surface area contributed by atoms with Crippen LogP contribution in [0.5, 0.6) is 5.75 Å². The first kappa shape index (κ1) is 27.7. The number of anilines is 1. The van der Waals surface area contributed by atoms with Crippen LogP contribution in [0, 0.1) is 11.3 Å². The monoisotopic (exact) mass is 549 g/mol. The van der Waals surface area contributed by atoms with E-state index in [1.165, 1.54) is 11.0 Å². The topological polar surface area (TPSA) is 91.1 Å². The average molecular weight is 549 g/mol. The number of benzene rings is 2. The quantitative estimate of drug-likeness (QED) is 0.405. The van der Waals surface area contributed by atoms with Gasteiger partial charge in [-0.3, -0.25) is 4.79 Å². The number of ether oxygens (including phenoxy) is 1. The zero-order valence-electron chi connectivity index (χ0n) is 20.2. The third kappa shape index (κ3) is 7.16. The van der Waals surface area contributed by atoms with Crippen molar-refractivity contribution >= 4 is 11.7 Å². The third-order valence-electron chi connectivity index (χ3n) is 6.00. The Labute approximate surface area is 219 Å². The average Bonchev–Trinajstić information content (AvgIpc) is 3.38. The lowest BCUT2D eigenvalue weighted by Gasteiger charge is -2.26. The van der Waals surface area contributed by atoms with Crippen LogP contribution in [0.2, 0.25) is 0 Å². The Balaban J connectivity index is 1.53. The van der Waals surface area contributed by atoms with Gasteiger partial charge in [-0.05, 0) is 61.2 Å². The van der Waals surface area contributed by atoms with Gasteiger partial charge in [-0.1, -0.05) is 12.1 Å². The van der Waals surface area contributed by atoms with E-state index in [4.69, 9.17) is 5.26 Å². The highest BCUT2D eigenvalue weighted by Crippen LogP contribution is 2.34. The number of carbonyl (C=O) groups excluding carboxylic acids is 1. The molecule has 4 rings (SSSR count). The lowest BCUT2D eigenvalue weighted by atomic mass is 10.1. The van der Waals surface area contributed by atoms with Gasteiger partial charge in [0, 0.05) is 24.7 Å². The molecule has 0 spiro atoms. The summed E-state index contributed by atoms with van der Waals surface area (Å²) in [6.45, 7) is 0.560. The molecule has 2 aromatic carbocycles. The first-order chi connectivity index (χ1) is 18.4. The number of alkyl halides is 6. The number of hydrogen-bond acceptors (Lipinski definition) is 6. The van der Waals surface area contributed by atoms with Crippen molar-refractivity contribution in [3.63, 3.8) is 0 Å². The van der Waals surface area contributed by atoms with Crippen molar-refractivity contribution in [3.8, 4) is 23.1 Å². The van der Waals surface area contributed by atoms with Gasteiger partial charge in [0.15, 0.2) is 0 Å². The van der Waals surface area contributed by atoms with Gasteiger partial charge in [0.25, 0.3) is 0 Å². The van der Waals surface area contributed by atoms with E-state index in [1.54, 1.807) is 24.3 Å². The fourth-order valence-corrected chi connectivity index (χ4v) is 4.19. The predicted molar refractivity (Wildman–Crippen MR) is 127 cm³/mol. The second-order valence-corrected chi connectivity index (χ2v) is 8.71. The van der Waals surface area contributed by atoms with E-state index in [0.29, 0.717) is 24.8 Å². The summed E-state index contributed by atoms with van der Waals surface area (Å²) in [7, 11) is 0. The van der Waals surface area contributed by atoms with Gasteiger partial charge in [0.1, 0.15) is 17.6 Å². The fourth-order valence-electron chi connectivity index (χ4n) is 4.19. The van der Waals surface area contributed by atoms with Crippen molar-refractivity contribution in [2.24, 2.45) is 0 Å². The highest BCUT2D eigenvalue weighted by Gasteiger charge is 2.38. The highest BCUT2D eigenvalue weighted by atomic mass is 19.4. The number of carbonyl (C=O) groups is 1. The Morgan fingerprint density at radius 3 is 2.36 bits per heavy atom. The minimum Gasteiger partial charge on any atom is -0.406 e. The Morgan fingerprint density at radius 2 is 1.74 bits per heavy atom. The molecule has 3 aromatic rings. The van der Waals surface area contributed by atoms with E-state index in [1.807, 2.05) is 6.07 Å². The zero-order valence-corrected chi connectivity index (χ0v) is 20.2. The van der Waals surface area contributed by atoms with Crippen molar-refractivity contribution in [1.82, 2.24) is 15.3 Å². The van der Waals surface area contributed by atoms with Crippen LogP contribution in [0.3, 0.4) is 0 Å². The molecular formula is C26H21F6N5O2. The number of nitriles is 1.